The van der Waals surface area contributed by atoms with Gasteiger partial charge in [-0.15, -0.1) is 12.4 Å². The van der Waals surface area contributed by atoms with Crippen LogP contribution in [0.15, 0.2) is 35.3 Å². The van der Waals surface area contributed by atoms with Crippen molar-refractivity contribution in [2.75, 3.05) is 11.4 Å². The standard InChI is InChI=1S/C24H24F3N5O5.ClH/c1-2-16(19(28)24(36)37)29-18-4-3-7-31(18)22-15(27)9-12-20(33)13(23(34)35)10-32(21(12)30-22)17-6-5-11(25)8-14(17)26;/h5-6,8-10,16,18-19,29H,2-4,7,28H2,1H3,(H,34,35)(H,36,37);1H/t16?,18?,19-;/m0./s1. The minimum absolute atomic E-state index is 0. The molecular weight excluding hydrogens is 531 g/mol. The van der Waals surface area contributed by atoms with E-state index in [9.17, 15) is 33.4 Å². The van der Waals surface area contributed by atoms with Crippen molar-refractivity contribution in [2.45, 2.75) is 44.4 Å². The quantitative estimate of drug-likeness (QED) is 0.329. The van der Waals surface area contributed by atoms with Crippen LogP contribution < -0.4 is 21.4 Å². The van der Waals surface area contributed by atoms with Gasteiger partial charge in [-0.25, -0.2) is 22.9 Å². The molecule has 2 unspecified atom stereocenters. The molecule has 3 atom stereocenters. The zero-order valence-electron chi connectivity index (χ0n) is 20.0. The predicted molar refractivity (Wildman–Crippen MR) is 135 cm³/mol. The number of fused-ring (bicyclic) bond motifs is 1. The molecule has 0 spiro atoms. The number of carbonyl (C=O) groups is 2. The largest absolute Gasteiger partial charge is 0.480 e. The third-order valence-corrected chi connectivity index (χ3v) is 6.40. The average molecular weight is 556 g/mol. The van der Waals surface area contributed by atoms with Crippen LogP contribution in [0.5, 0.6) is 0 Å². The highest BCUT2D eigenvalue weighted by Crippen LogP contribution is 2.29. The van der Waals surface area contributed by atoms with E-state index >= 15 is 4.39 Å². The van der Waals surface area contributed by atoms with Crippen LogP contribution in [-0.4, -0.2) is 56.5 Å². The molecule has 0 aliphatic carbocycles. The summed E-state index contributed by atoms with van der Waals surface area (Å²) in [4.78, 5) is 41.7. The summed E-state index contributed by atoms with van der Waals surface area (Å²) in [7, 11) is 0. The fourth-order valence-corrected chi connectivity index (χ4v) is 4.52. The Morgan fingerprint density at radius 1 is 1.21 bits per heavy atom. The summed E-state index contributed by atoms with van der Waals surface area (Å²) < 4.78 is 44.6. The summed E-state index contributed by atoms with van der Waals surface area (Å²) in [6.07, 6.45) is 1.81. The molecule has 1 fully saturated rings. The Labute approximate surface area is 220 Å². The number of pyridine rings is 2. The number of carboxylic acids is 2. The molecule has 204 valence electrons. The highest BCUT2D eigenvalue weighted by atomic mass is 35.5. The van der Waals surface area contributed by atoms with E-state index in [4.69, 9.17) is 5.73 Å². The SMILES string of the molecule is CCC(NC1CCCN1c1nc2c(cc1F)c(=O)c(C(=O)O)cn2-c1ccc(F)cc1F)[C@H](N)C(=O)O.Cl. The Bertz CT molecular complexity index is 1450. The van der Waals surface area contributed by atoms with Crippen molar-refractivity contribution in [1.29, 1.82) is 0 Å². The van der Waals surface area contributed by atoms with E-state index in [1.165, 1.54) is 0 Å². The summed E-state index contributed by atoms with van der Waals surface area (Å²) in [6.45, 7) is 2.08. The second-order valence-corrected chi connectivity index (χ2v) is 8.70. The third-order valence-electron chi connectivity index (χ3n) is 6.40. The van der Waals surface area contributed by atoms with Gasteiger partial charge in [0.1, 0.15) is 23.2 Å². The zero-order chi connectivity index (χ0) is 27.0. The fraction of sp³-hybridized carbons (Fsp3) is 0.333. The topological polar surface area (TPSA) is 151 Å². The Hall–Kier alpha value is -3.68. The maximum Gasteiger partial charge on any atom is 0.341 e. The van der Waals surface area contributed by atoms with Crippen LogP contribution in [0.3, 0.4) is 0 Å². The first-order valence-electron chi connectivity index (χ1n) is 11.5. The van der Waals surface area contributed by atoms with Gasteiger partial charge >= 0.3 is 11.9 Å². The van der Waals surface area contributed by atoms with Gasteiger partial charge in [-0.05, 0) is 37.5 Å². The van der Waals surface area contributed by atoms with Gasteiger partial charge in [0, 0.05) is 24.8 Å². The van der Waals surface area contributed by atoms with Crippen LogP contribution >= 0.6 is 12.4 Å². The number of benzene rings is 1. The number of aliphatic carboxylic acids is 1. The lowest BCUT2D eigenvalue weighted by molar-refractivity contribution is -0.139. The first-order valence-corrected chi connectivity index (χ1v) is 11.5. The number of nitrogens with two attached hydrogens (primary N) is 1. The number of rotatable bonds is 8. The molecule has 0 radical (unpaired) electrons. The van der Waals surface area contributed by atoms with Gasteiger partial charge in [-0.3, -0.25) is 19.5 Å². The van der Waals surface area contributed by atoms with Crippen molar-refractivity contribution in [3.05, 3.63) is 63.7 Å². The van der Waals surface area contributed by atoms with Gasteiger partial charge in [0.15, 0.2) is 17.3 Å². The van der Waals surface area contributed by atoms with Gasteiger partial charge in [-0.2, -0.15) is 0 Å². The van der Waals surface area contributed by atoms with Crippen LogP contribution in [0.4, 0.5) is 19.0 Å². The van der Waals surface area contributed by atoms with E-state index in [2.05, 4.69) is 10.3 Å². The summed E-state index contributed by atoms with van der Waals surface area (Å²) >= 11 is 0. The van der Waals surface area contributed by atoms with Crippen LogP contribution in [0, 0.1) is 17.5 Å². The Balaban J connectivity index is 0.00000400. The molecule has 0 bridgehead atoms. The number of halogens is 4. The molecule has 38 heavy (non-hydrogen) atoms. The lowest BCUT2D eigenvalue weighted by Gasteiger charge is -2.32. The fourth-order valence-electron chi connectivity index (χ4n) is 4.52. The van der Waals surface area contributed by atoms with E-state index in [1.807, 2.05) is 0 Å². The Morgan fingerprint density at radius 3 is 2.53 bits per heavy atom. The molecule has 3 heterocycles. The maximum atomic E-state index is 15.4. The zero-order valence-corrected chi connectivity index (χ0v) is 20.8. The van der Waals surface area contributed by atoms with Gasteiger partial charge in [-0.1, -0.05) is 6.92 Å². The number of nitrogens with one attached hydrogen (secondary N) is 1. The van der Waals surface area contributed by atoms with Crippen molar-refractivity contribution >= 4 is 41.2 Å². The number of hydrogen-bond acceptors (Lipinski definition) is 7. The molecule has 3 aromatic rings. The number of hydrogen-bond donors (Lipinski definition) is 4. The molecule has 4 rings (SSSR count). The number of aromatic carboxylic acids is 1. The van der Waals surface area contributed by atoms with E-state index in [0.29, 0.717) is 31.9 Å². The lowest BCUT2D eigenvalue weighted by Crippen LogP contribution is -2.55. The number of aromatic nitrogens is 2. The number of anilines is 1. The van der Waals surface area contributed by atoms with Crippen molar-refractivity contribution < 1.29 is 33.0 Å². The maximum absolute atomic E-state index is 15.4. The summed E-state index contributed by atoms with van der Waals surface area (Å²) in [5, 5.41) is 21.5. The number of carboxylic acid groups (broad SMARTS) is 2. The van der Waals surface area contributed by atoms with E-state index in [-0.39, 0.29) is 29.6 Å². The van der Waals surface area contributed by atoms with Gasteiger partial charge in [0.25, 0.3) is 0 Å². The first-order chi connectivity index (χ1) is 17.5. The summed E-state index contributed by atoms with van der Waals surface area (Å²) in [5.41, 5.74) is 3.48. The molecule has 1 aromatic carbocycles. The monoisotopic (exact) mass is 555 g/mol. The average Bonchev–Trinajstić information content (AvgIpc) is 3.30. The molecule has 1 aliphatic rings. The third kappa shape index (κ3) is 5.30. The highest BCUT2D eigenvalue weighted by molar-refractivity contribution is 5.92. The normalized spacial score (nSPS) is 16.8. The van der Waals surface area contributed by atoms with Crippen molar-refractivity contribution in [3.63, 3.8) is 0 Å². The molecular formula is C24H25ClF3N5O5. The smallest absolute Gasteiger partial charge is 0.341 e. The van der Waals surface area contributed by atoms with E-state index < -0.39 is 64.0 Å². The second kappa shape index (κ2) is 11.4. The molecule has 14 heteroatoms. The predicted octanol–water partition coefficient (Wildman–Crippen LogP) is 2.63. The summed E-state index contributed by atoms with van der Waals surface area (Å²) in [5.74, 6) is -5.87. The van der Waals surface area contributed by atoms with E-state index in [1.54, 1.807) is 11.8 Å². The summed E-state index contributed by atoms with van der Waals surface area (Å²) in [6, 6.07) is 1.58. The molecule has 0 amide bonds. The number of nitrogens with zero attached hydrogens (tertiary/aromatic N) is 3. The van der Waals surface area contributed by atoms with Crippen LogP contribution in [-0.2, 0) is 4.79 Å². The first kappa shape index (κ1) is 28.9. The molecule has 10 nitrogen and oxygen atoms in total. The van der Waals surface area contributed by atoms with Crippen LogP contribution in [0.25, 0.3) is 16.7 Å². The molecule has 0 saturated carbocycles. The van der Waals surface area contributed by atoms with Crippen LogP contribution in [0.2, 0.25) is 0 Å². The van der Waals surface area contributed by atoms with E-state index in [0.717, 1.165) is 29.0 Å². The highest BCUT2D eigenvalue weighted by Gasteiger charge is 2.33. The molecule has 2 aromatic heterocycles. The lowest BCUT2D eigenvalue weighted by atomic mass is 10.1. The molecule has 5 N–H and O–H groups in total. The van der Waals surface area contributed by atoms with Gasteiger partial charge in [0.05, 0.1) is 17.2 Å². The van der Waals surface area contributed by atoms with Crippen molar-refractivity contribution in [2.24, 2.45) is 5.73 Å². The minimum Gasteiger partial charge on any atom is -0.480 e. The Morgan fingerprint density at radius 2 is 1.92 bits per heavy atom. The van der Waals surface area contributed by atoms with Crippen LogP contribution in [0.1, 0.15) is 36.5 Å². The van der Waals surface area contributed by atoms with Gasteiger partial charge in [0.2, 0.25) is 5.43 Å². The molecule has 1 saturated heterocycles. The van der Waals surface area contributed by atoms with Gasteiger partial charge < -0.3 is 20.8 Å². The van der Waals surface area contributed by atoms with Crippen molar-refractivity contribution in [1.82, 2.24) is 14.9 Å². The molecule has 1 aliphatic heterocycles. The van der Waals surface area contributed by atoms with Crippen molar-refractivity contribution in [3.8, 4) is 5.69 Å². The second-order valence-electron chi connectivity index (χ2n) is 8.70. The minimum atomic E-state index is -1.61. The Kier molecular flexibility index (Phi) is 8.65.